The first-order valence-corrected chi connectivity index (χ1v) is 20.0. The highest BCUT2D eigenvalue weighted by molar-refractivity contribution is 8.03. The number of fused-ring (bicyclic) bond motifs is 1. The molecule has 5 rings (SSSR count). The number of hydrogen-bond acceptors (Lipinski definition) is 14. The number of rotatable bonds is 18. The van der Waals surface area contributed by atoms with Crippen LogP contribution in [0.1, 0.15) is 37.8 Å². The molecule has 0 spiro atoms. The van der Waals surface area contributed by atoms with Crippen LogP contribution in [-0.2, 0) is 37.1 Å². The van der Waals surface area contributed by atoms with Gasteiger partial charge < -0.3 is 40.1 Å². The number of nitrogens with zero attached hydrogens (tertiary/aromatic N) is 4. The number of nitrogens with one attached hydrogen (secondary N) is 2. The Bertz CT molecular complexity index is 1900. The first-order chi connectivity index (χ1) is 27.2. The number of aliphatic hydroxyl groups is 1. The molecule has 0 bridgehead atoms. The molecule has 6 atom stereocenters. The number of alkyl carbamates (subject to hydrolysis) is 1. The zero-order valence-electron chi connectivity index (χ0n) is 30.9. The summed E-state index contributed by atoms with van der Waals surface area (Å²) in [5, 5.41) is 47.1. The Morgan fingerprint density at radius 1 is 0.947 bits per heavy atom. The third-order valence-electron chi connectivity index (χ3n) is 9.74. The number of carbonyl (C=O) groups excluding carboxylic acids is 4. The molecule has 1 unspecified atom stereocenters. The molecule has 2 aromatic carbocycles. The Balaban J connectivity index is 1.11. The number of nitro groups is 2. The Kier molecular flexibility index (Phi) is 14.4. The van der Waals surface area contributed by atoms with Gasteiger partial charge in [-0.3, -0.25) is 29.8 Å². The molecule has 2 saturated heterocycles. The minimum atomic E-state index is -1.25. The number of carbonyl (C=O) groups is 5. The second kappa shape index (κ2) is 19.2. The fourth-order valence-corrected chi connectivity index (χ4v) is 9.54. The van der Waals surface area contributed by atoms with Crippen molar-refractivity contribution in [1.29, 1.82) is 0 Å². The van der Waals surface area contributed by atoms with Crippen molar-refractivity contribution in [2.45, 2.75) is 63.3 Å². The Hall–Kier alpha value is -5.41. The van der Waals surface area contributed by atoms with Crippen molar-refractivity contribution in [3.63, 3.8) is 0 Å². The highest BCUT2D eigenvalue weighted by Gasteiger charge is 2.60. The first kappa shape index (κ1) is 42.7. The lowest BCUT2D eigenvalue weighted by molar-refractivity contribution is -0.385. The van der Waals surface area contributed by atoms with E-state index in [-0.39, 0.29) is 79.5 Å². The number of likely N-dealkylation sites (tertiary alicyclic amines) is 1. The number of amides is 4. The summed E-state index contributed by atoms with van der Waals surface area (Å²) in [6, 6.07) is 10.3. The summed E-state index contributed by atoms with van der Waals surface area (Å²) in [7, 11) is 0. The zero-order chi connectivity index (χ0) is 41.4. The molecule has 3 aliphatic heterocycles. The maximum Gasteiger partial charge on any atom is 0.410 e. The predicted molar refractivity (Wildman–Crippen MR) is 206 cm³/mol. The molecule has 0 aromatic heterocycles. The lowest BCUT2D eigenvalue weighted by atomic mass is 9.79. The molecule has 21 heteroatoms. The molecule has 0 aliphatic carbocycles. The van der Waals surface area contributed by atoms with E-state index in [0.29, 0.717) is 34.0 Å². The molecule has 3 aliphatic rings. The average molecular weight is 831 g/mol. The van der Waals surface area contributed by atoms with Crippen molar-refractivity contribution in [2.24, 2.45) is 11.8 Å². The number of aliphatic carboxylic acids is 1. The van der Waals surface area contributed by atoms with E-state index < -0.39 is 52.0 Å². The Labute approximate surface area is 334 Å². The van der Waals surface area contributed by atoms with Gasteiger partial charge in [0.25, 0.3) is 11.4 Å². The number of β-lactam (4-membered cyclic amide) rings is 1. The molecular weight excluding hydrogens is 789 g/mol. The van der Waals surface area contributed by atoms with Crippen LogP contribution in [0, 0.1) is 32.1 Å². The van der Waals surface area contributed by atoms with Gasteiger partial charge in [0, 0.05) is 83.9 Å². The fourth-order valence-electron chi connectivity index (χ4n) is 6.89. The van der Waals surface area contributed by atoms with Gasteiger partial charge in [-0.1, -0.05) is 6.92 Å². The molecule has 3 heterocycles. The van der Waals surface area contributed by atoms with E-state index in [0.717, 1.165) is 0 Å². The number of ether oxygens (including phenoxy) is 2. The van der Waals surface area contributed by atoms with Crippen molar-refractivity contribution in [2.75, 3.05) is 31.1 Å². The molecule has 0 radical (unpaired) electrons. The molecule has 306 valence electrons. The van der Waals surface area contributed by atoms with Gasteiger partial charge in [0.2, 0.25) is 11.8 Å². The number of non-ortho nitro benzene ring substituents is 2. The molecule has 57 heavy (non-hydrogen) atoms. The zero-order valence-corrected chi connectivity index (χ0v) is 32.6. The monoisotopic (exact) mass is 830 g/mol. The number of benzene rings is 2. The van der Waals surface area contributed by atoms with Crippen LogP contribution < -0.4 is 10.6 Å². The number of carboxylic acid groups (broad SMARTS) is 1. The van der Waals surface area contributed by atoms with E-state index in [1.54, 1.807) is 4.90 Å². The fraction of sp³-hybridized carbons (Fsp3) is 0.472. The van der Waals surface area contributed by atoms with E-state index >= 15 is 0 Å². The molecular formula is C36H42N6O13S2. The van der Waals surface area contributed by atoms with Crippen LogP contribution in [0.2, 0.25) is 0 Å². The van der Waals surface area contributed by atoms with E-state index in [9.17, 15) is 54.4 Å². The highest BCUT2D eigenvalue weighted by Crippen LogP contribution is 2.52. The average Bonchev–Trinajstić information content (AvgIpc) is 3.69. The van der Waals surface area contributed by atoms with Crippen LogP contribution in [0.4, 0.5) is 21.0 Å². The quantitative estimate of drug-likeness (QED) is 0.0724. The maximum absolute atomic E-state index is 13.4. The van der Waals surface area contributed by atoms with Crippen LogP contribution in [0.3, 0.4) is 0 Å². The van der Waals surface area contributed by atoms with Crippen LogP contribution in [0.25, 0.3) is 0 Å². The molecule has 19 nitrogen and oxygen atoms in total. The number of hydrogen-bond donors (Lipinski definition) is 4. The van der Waals surface area contributed by atoms with E-state index in [2.05, 4.69) is 10.6 Å². The number of carboxylic acids is 1. The standard InChI is InChI=1S/C36H42N6O13S2/c1-20-30-29(21(2)43)33(45)40(30)31(34(46)47)32(20)57-27-15-26(39(16-27)36(49)55-18-23-5-9-25(10-6-23)42(52)53)19-56-14-11-28(44)37-12-13-38-35(48)54-17-22-3-7-24(8-4-22)41(50)51/h3-10,20-21,26-27,29-30,43H,11-19H2,1-2H3,(H,37,44)(H,38,48)(H,46,47)/t20-,21?,26+,27+,29+,30-/m1/s1. The minimum Gasteiger partial charge on any atom is -0.477 e. The summed E-state index contributed by atoms with van der Waals surface area (Å²) in [6.45, 7) is 3.55. The van der Waals surface area contributed by atoms with E-state index in [1.807, 2.05) is 6.92 Å². The Morgan fingerprint density at radius 2 is 1.53 bits per heavy atom. The van der Waals surface area contributed by atoms with Crippen molar-refractivity contribution >= 4 is 64.9 Å². The number of nitro benzene ring substituents is 2. The van der Waals surface area contributed by atoms with E-state index in [4.69, 9.17) is 9.47 Å². The van der Waals surface area contributed by atoms with Gasteiger partial charge in [0.05, 0.1) is 27.9 Å². The van der Waals surface area contributed by atoms with Gasteiger partial charge in [0.1, 0.15) is 18.9 Å². The van der Waals surface area contributed by atoms with Crippen LogP contribution in [0.15, 0.2) is 59.1 Å². The van der Waals surface area contributed by atoms with Gasteiger partial charge in [-0.15, -0.1) is 11.8 Å². The lowest BCUT2D eigenvalue weighted by Gasteiger charge is -2.46. The van der Waals surface area contributed by atoms with Gasteiger partial charge in [-0.05, 0) is 48.7 Å². The summed E-state index contributed by atoms with van der Waals surface area (Å²) in [4.78, 5) is 87.2. The Morgan fingerprint density at radius 3 is 2.09 bits per heavy atom. The van der Waals surface area contributed by atoms with E-state index in [1.165, 1.54) is 83.9 Å². The lowest BCUT2D eigenvalue weighted by Crippen LogP contribution is -2.63. The topological polar surface area (TPSA) is 261 Å². The van der Waals surface area contributed by atoms with Crippen molar-refractivity contribution < 1.29 is 53.5 Å². The van der Waals surface area contributed by atoms with Crippen LogP contribution in [0.5, 0.6) is 0 Å². The maximum atomic E-state index is 13.4. The smallest absolute Gasteiger partial charge is 0.410 e. The molecule has 2 aromatic rings. The highest BCUT2D eigenvalue weighted by atomic mass is 32.2. The number of thioether (sulfide) groups is 2. The third kappa shape index (κ3) is 10.5. The normalized spacial score (nSPS) is 21.7. The SMILES string of the molecule is CC(O)[C@@H]1C(=O)N2C(C(=O)O)=C(S[C@H]3C[C@@H](CSCCC(=O)NCCNC(=O)OCc4ccc([N+](=O)[O-])cc4)N(C(=O)OCc4ccc([N+](=O)[O-])cc4)C3)[C@H](C)[C@H]12. The second-order valence-corrected chi connectivity index (χ2v) is 16.1. The molecule has 2 fully saturated rings. The first-order valence-electron chi connectivity index (χ1n) is 18.0. The predicted octanol–water partition coefficient (Wildman–Crippen LogP) is 3.64. The summed E-state index contributed by atoms with van der Waals surface area (Å²) in [5.41, 5.74) is 0.821. The minimum absolute atomic E-state index is 0.0807. The van der Waals surface area contributed by atoms with Gasteiger partial charge >= 0.3 is 18.2 Å². The summed E-state index contributed by atoms with van der Waals surface area (Å²) in [6.07, 6.45) is -1.68. The van der Waals surface area contributed by atoms with Crippen molar-refractivity contribution in [3.05, 3.63) is 90.5 Å². The summed E-state index contributed by atoms with van der Waals surface area (Å²) in [5.74, 6) is -2.18. The molecule has 0 saturated carbocycles. The third-order valence-corrected chi connectivity index (χ3v) is 12.3. The molecule has 4 amide bonds. The van der Waals surface area contributed by atoms with Gasteiger partial charge in [0.15, 0.2) is 0 Å². The van der Waals surface area contributed by atoms with Gasteiger partial charge in [-0.2, -0.15) is 11.8 Å². The molecule has 4 N–H and O–H groups in total. The van der Waals surface area contributed by atoms with Crippen LogP contribution >= 0.6 is 23.5 Å². The van der Waals surface area contributed by atoms with Crippen molar-refractivity contribution in [1.82, 2.24) is 20.4 Å². The van der Waals surface area contributed by atoms with Gasteiger partial charge in [-0.25, -0.2) is 14.4 Å². The van der Waals surface area contributed by atoms with Crippen LogP contribution in [-0.4, -0.2) is 114 Å². The largest absolute Gasteiger partial charge is 0.477 e. The second-order valence-electron chi connectivity index (χ2n) is 13.6. The van der Waals surface area contributed by atoms with Crippen molar-refractivity contribution in [3.8, 4) is 0 Å². The summed E-state index contributed by atoms with van der Waals surface area (Å²) >= 11 is 2.74. The number of aliphatic hydroxyl groups excluding tert-OH is 1. The summed E-state index contributed by atoms with van der Waals surface area (Å²) < 4.78 is 10.7.